The highest BCUT2D eigenvalue weighted by molar-refractivity contribution is 5.95. The van der Waals surface area contributed by atoms with Gasteiger partial charge in [-0.3, -0.25) is 9.59 Å². The number of hydrogen-bond acceptors (Lipinski definition) is 5. The number of rotatable bonds is 12. The van der Waals surface area contributed by atoms with Crippen molar-refractivity contribution < 1.29 is 37.3 Å². The lowest BCUT2D eigenvalue weighted by atomic mass is 9.91. The van der Waals surface area contributed by atoms with Crippen LogP contribution in [0.4, 0.5) is 13.2 Å². The van der Waals surface area contributed by atoms with Crippen molar-refractivity contribution in [3.05, 3.63) is 66.3 Å². The maximum absolute atomic E-state index is 12.8. The van der Waals surface area contributed by atoms with Gasteiger partial charge in [0, 0.05) is 12.3 Å². The lowest BCUT2D eigenvalue weighted by molar-refractivity contribution is -0.147. The van der Waals surface area contributed by atoms with Crippen molar-refractivity contribution in [1.82, 2.24) is 0 Å². The Hall–Kier alpha value is -2.87. The number of benzene rings is 1. The number of ether oxygens (including phenoxy) is 2. The smallest absolute Gasteiger partial charge is 0.416 e. The third-order valence-corrected chi connectivity index (χ3v) is 5.11. The van der Waals surface area contributed by atoms with Gasteiger partial charge in [-0.1, -0.05) is 36.4 Å². The highest BCUT2D eigenvalue weighted by Gasteiger charge is 2.30. The summed E-state index contributed by atoms with van der Waals surface area (Å²) >= 11 is 0. The molecule has 2 rings (SSSR count). The Morgan fingerprint density at radius 2 is 2.00 bits per heavy atom. The van der Waals surface area contributed by atoms with Gasteiger partial charge in [-0.05, 0) is 63.3 Å². The molecule has 34 heavy (non-hydrogen) atoms. The van der Waals surface area contributed by atoms with E-state index in [1.807, 2.05) is 32.1 Å². The van der Waals surface area contributed by atoms with Gasteiger partial charge >= 0.3 is 12.1 Å². The van der Waals surface area contributed by atoms with Crippen LogP contribution in [-0.4, -0.2) is 35.7 Å². The second-order valence-corrected chi connectivity index (χ2v) is 8.38. The summed E-state index contributed by atoms with van der Waals surface area (Å²) < 4.78 is 48.7. The molecule has 0 unspecified atom stereocenters. The lowest BCUT2D eigenvalue weighted by Gasteiger charge is -2.14. The molecule has 0 bridgehead atoms. The molecule has 8 heteroatoms. The molecule has 3 atom stereocenters. The molecule has 5 nitrogen and oxygen atoms in total. The first-order valence-corrected chi connectivity index (χ1v) is 11.3. The third-order valence-electron chi connectivity index (χ3n) is 5.11. The molecule has 1 aliphatic carbocycles. The summed E-state index contributed by atoms with van der Waals surface area (Å²) in [6.45, 7) is 3.37. The second-order valence-electron chi connectivity index (χ2n) is 8.38. The summed E-state index contributed by atoms with van der Waals surface area (Å²) in [6, 6.07) is 4.43. The number of ketones is 1. The van der Waals surface area contributed by atoms with E-state index in [1.54, 1.807) is 6.08 Å². The zero-order valence-electron chi connectivity index (χ0n) is 19.3. The van der Waals surface area contributed by atoms with Gasteiger partial charge in [0.05, 0.1) is 11.7 Å². The molecular formula is C26H31F3O5. The van der Waals surface area contributed by atoms with Crippen LogP contribution in [-0.2, 0) is 20.5 Å². The summed E-state index contributed by atoms with van der Waals surface area (Å²) in [5, 5.41) is 10.1. The molecule has 0 saturated heterocycles. The van der Waals surface area contributed by atoms with E-state index in [2.05, 4.69) is 0 Å². The van der Waals surface area contributed by atoms with E-state index in [0.717, 1.165) is 18.6 Å². The molecule has 186 valence electrons. The van der Waals surface area contributed by atoms with Crippen molar-refractivity contribution in [3.63, 3.8) is 0 Å². The van der Waals surface area contributed by atoms with Gasteiger partial charge in [-0.15, -0.1) is 0 Å². The number of aliphatic hydroxyl groups excluding tert-OH is 1. The maximum Gasteiger partial charge on any atom is 0.416 e. The lowest BCUT2D eigenvalue weighted by Crippen LogP contribution is -2.18. The van der Waals surface area contributed by atoms with Gasteiger partial charge in [-0.25, -0.2) is 0 Å². The molecule has 0 aromatic heterocycles. The Balaban J connectivity index is 1.78. The topological polar surface area (TPSA) is 72.8 Å². The van der Waals surface area contributed by atoms with E-state index in [4.69, 9.17) is 9.47 Å². The SMILES string of the molecule is CC(C)OC(=O)CCC/C=C/C[C@H]1C=CC(=O)[C@@H]1/C=C/[C@@H](O)COc1cccc(C(F)(F)F)c1. The first-order valence-electron chi connectivity index (χ1n) is 11.3. The Morgan fingerprint density at radius 1 is 1.24 bits per heavy atom. The van der Waals surface area contributed by atoms with Crippen LogP contribution < -0.4 is 4.74 Å². The number of alkyl halides is 3. The molecule has 0 radical (unpaired) electrons. The number of carbonyl (C=O) groups excluding carboxylic acids is 2. The fourth-order valence-corrected chi connectivity index (χ4v) is 3.43. The number of esters is 1. The first kappa shape index (κ1) is 27.4. The maximum atomic E-state index is 12.8. The van der Waals surface area contributed by atoms with Crippen LogP contribution >= 0.6 is 0 Å². The van der Waals surface area contributed by atoms with Crippen LogP contribution in [0, 0.1) is 11.8 Å². The molecule has 0 amide bonds. The number of allylic oxidation sites excluding steroid dienone is 5. The Kier molecular flexibility index (Phi) is 10.6. The number of carbonyl (C=O) groups is 2. The minimum atomic E-state index is -4.48. The second kappa shape index (κ2) is 13.1. The summed E-state index contributed by atoms with van der Waals surface area (Å²) in [7, 11) is 0. The van der Waals surface area contributed by atoms with Crippen molar-refractivity contribution in [3.8, 4) is 5.75 Å². The molecule has 0 aliphatic heterocycles. The predicted molar refractivity (Wildman–Crippen MR) is 122 cm³/mol. The Bertz CT molecular complexity index is 902. The van der Waals surface area contributed by atoms with Crippen molar-refractivity contribution in [2.75, 3.05) is 6.61 Å². The molecule has 0 spiro atoms. The number of hydrogen-bond donors (Lipinski definition) is 1. The molecular weight excluding hydrogens is 449 g/mol. The number of halogens is 3. The van der Waals surface area contributed by atoms with Gasteiger partial charge in [0.25, 0.3) is 0 Å². The van der Waals surface area contributed by atoms with Crippen molar-refractivity contribution in [2.45, 2.75) is 57.9 Å². The predicted octanol–water partition coefficient (Wildman–Crippen LogP) is 5.44. The average molecular weight is 481 g/mol. The Morgan fingerprint density at radius 3 is 2.71 bits per heavy atom. The van der Waals surface area contributed by atoms with Gasteiger partial charge in [0.2, 0.25) is 0 Å². The van der Waals surface area contributed by atoms with E-state index < -0.39 is 23.8 Å². The first-order chi connectivity index (χ1) is 16.1. The van der Waals surface area contributed by atoms with E-state index in [0.29, 0.717) is 19.3 Å². The fraction of sp³-hybridized carbons (Fsp3) is 0.462. The standard InChI is InChI=1S/C26H31F3O5/c1-18(2)34-25(32)11-6-4-3-5-8-19-12-15-24(31)23(19)14-13-21(30)17-33-22-10-7-9-20(16-22)26(27,28)29/h3,5,7,9-10,12-16,18-19,21,23,30H,4,6,8,11,17H2,1-2H3/b5-3+,14-13+/t19-,21+,23+/m0/s1. The molecule has 1 aromatic carbocycles. The molecule has 0 fully saturated rings. The van der Waals surface area contributed by atoms with Crippen LogP contribution in [0.2, 0.25) is 0 Å². The third kappa shape index (κ3) is 9.55. The van der Waals surface area contributed by atoms with E-state index >= 15 is 0 Å². The van der Waals surface area contributed by atoms with Gasteiger partial charge in [0.1, 0.15) is 18.5 Å². The summed E-state index contributed by atoms with van der Waals surface area (Å²) in [4.78, 5) is 23.7. The van der Waals surface area contributed by atoms with Gasteiger partial charge in [0.15, 0.2) is 5.78 Å². The van der Waals surface area contributed by atoms with E-state index in [-0.39, 0.29) is 36.1 Å². The molecule has 0 heterocycles. The fourth-order valence-electron chi connectivity index (χ4n) is 3.43. The van der Waals surface area contributed by atoms with Crippen molar-refractivity contribution in [1.29, 1.82) is 0 Å². The molecule has 1 N–H and O–H groups in total. The largest absolute Gasteiger partial charge is 0.491 e. The van der Waals surface area contributed by atoms with Crippen LogP contribution in [0.3, 0.4) is 0 Å². The summed E-state index contributed by atoms with van der Waals surface area (Å²) in [6.07, 6.45) is 7.05. The van der Waals surface area contributed by atoms with Crippen LogP contribution in [0.25, 0.3) is 0 Å². The van der Waals surface area contributed by atoms with Crippen LogP contribution in [0.15, 0.2) is 60.7 Å². The molecule has 1 aliphatic rings. The summed E-state index contributed by atoms with van der Waals surface area (Å²) in [5.41, 5.74) is -0.830. The Labute approximate surface area is 197 Å². The normalized spacial score (nSPS) is 19.4. The number of aliphatic hydroxyl groups is 1. The monoisotopic (exact) mass is 480 g/mol. The highest BCUT2D eigenvalue weighted by Crippen LogP contribution is 2.31. The quantitative estimate of drug-likeness (QED) is 0.245. The van der Waals surface area contributed by atoms with E-state index in [1.165, 1.54) is 24.3 Å². The zero-order chi connectivity index (χ0) is 25.1. The van der Waals surface area contributed by atoms with Crippen molar-refractivity contribution in [2.24, 2.45) is 11.8 Å². The average Bonchev–Trinajstić information content (AvgIpc) is 3.11. The highest BCUT2D eigenvalue weighted by atomic mass is 19.4. The van der Waals surface area contributed by atoms with Crippen LogP contribution in [0.5, 0.6) is 5.75 Å². The molecule has 0 saturated carbocycles. The minimum Gasteiger partial charge on any atom is -0.491 e. The van der Waals surface area contributed by atoms with E-state index in [9.17, 15) is 27.9 Å². The molecule has 1 aromatic rings. The minimum absolute atomic E-state index is 0.00127. The van der Waals surface area contributed by atoms with Crippen molar-refractivity contribution >= 4 is 11.8 Å². The zero-order valence-corrected chi connectivity index (χ0v) is 19.3. The van der Waals surface area contributed by atoms with Gasteiger partial charge in [-0.2, -0.15) is 13.2 Å². The van der Waals surface area contributed by atoms with Gasteiger partial charge < -0.3 is 14.6 Å². The van der Waals surface area contributed by atoms with Crippen LogP contribution in [0.1, 0.15) is 45.1 Å². The summed E-state index contributed by atoms with van der Waals surface area (Å²) in [5.74, 6) is -0.761. The number of unbranched alkanes of at least 4 members (excludes halogenated alkanes) is 1.